The number of hydrogen-bond acceptors (Lipinski definition) is 5. The number of unbranched alkanes of at least 4 members (excludes halogenated alkanes) is 23. The summed E-state index contributed by atoms with van der Waals surface area (Å²) in [6, 6.07) is -0.863. The van der Waals surface area contributed by atoms with Crippen molar-refractivity contribution in [2.45, 2.75) is 212 Å². The first-order valence-corrected chi connectivity index (χ1v) is 25.0. The average molecular weight is 824 g/mol. The smallest absolute Gasteiger partial charge is 0.387 e. The third-order valence-electron chi connectivity index (χ3n) is 10.3. The third kappa shape index (κ3) is 42.4. The SMILES string of the molecule is CCCCCCC/C=C\C/C=C\CCCCCCCCCCCCCC(=O)NC(COP(=O)(O)OCC[N+](C)(C)C)C(O)/C=C/CC/C=C/CCCCCCCC. The zero-order chi connectivity index (χ0) is 42.1. The van der Waals surface area contributed by atoms with E-state index in [4.69, 9.17) is 9.05 Å². The van der Waals surface area contributed by atoms with Crippen molar-refractivity contribution in [1.29, 1.82) is 0 Å². The van der Waals surface area contributed by atoms with E-state index >= 15 is 0 Å². The van der Waals surface area contributed by atoms with E-state index in [0.717, 1.165) is 44.9 Å². The highest BCUT2D eigenvalue weighted by Crippen LogP contribution is 2.43. The lowest BCUT2D eigenvalue weighted by Gasteiger charge is -2.25. The molecule has 334 valence electrons. The summed E-state index contributed by atoms with van der Waals surface area (Å²) in [6.45, 7) is 4.76. The number of rotatable bonds is 42. The van der Waals surface area contributed by atoms with E-state index in [1.54, 1.807) is 6.08 Å². The number of carbonyl (C=O) groups excluding carboxylic acids is 1. The van der Waals surface area contributed by atoms with Crippen LogP contribution in [0.4, 0.5) is 0 Å². The number of nitrogens with zero attached hydrogens (tertiary/aromatic N) is 1. The van der Waals surface area contributed by atoms with E-state index in [-0.39, 0.29) is 19.1 Å². The molecule has 0 aromatic heterocycles. The van der Waals surface area contributed by atoms with Crippen molar-refractivity contribution >= 4 is 13.7 Å². The standard InChI is InChI=1S/C48H91N2O6P/c1-6-8-10-12-14-16-18-20-21-22-23-24-25-26-27-28-29-30-32-34-36-38-40-42-48(52)49-46(45-56-57(53,54)55-44-43-50(3,4)5)47(51)41-39-37-35-33-31-19-17-15-13-11-9-7-2/h18,20,22-23,31,33,39,41,46-47,51H,6-17,19,21,24-30,32,34-38,40,42-45H2,1-5H3,(H-,49,52,53,54)/p+1/b20-18-,23-22-,33-31+,41-39+. The molecule has 0 aliphatic rings. The number of quaternary nitrogens is 1. The van der Waals surface area contributed by atoms with Crippen LogP contribution >= 0.6 is 7.82 Å². The fourth-order valence-corrected chi connectivity index (χ4v) is 7.23. The predicted octanol–water partition coefficient (Wildman–Crippen LogP) is 13.2. The first-order chi connectivity index (χ1) is 27.5. The van der Waals surface area contributed by atoms with Crippen LogP contribution in [0.25, 0.3) is 0 Å². The fraction of sp³-hybridized carbons (Fsp3) is 0.812. The Morgan fingerprint density at radius 3 is 1.51 bits per heavy atom. The van der Waals surface area contributed by atoms with Gasteiger partial charge in [0.15, 0.2) is 0 Å². The van der Waals surface area contributed by atoms with Gasteiger partial charge >= 0.3 is 7.82 Å². The lowest BCUT2D eigenvalue weighted by molar-refractivity contribution is -0.870. The summed E-state index contributed by atoms with van der Waals surface area (Å²) >= 11 is 0. The van der Waals surface area contributed by atoms with Crippen molar-refractivity contribution in [2.75, 3.05) is 40.9 Å². The number of amides is 1. The zero-order valence-corrected chi connectivity index (χ0v) is 38.7. The Balaban J connectivity index is 4.30. The van der Waals surface area contributed by atoms with Crippen molar-refractivity contribution in [1.82, 2.24) is 5.32 Å². The second-order valence-corrected chi connectivity index (χ2v) is 18.6. The average Bonchev–Trinajstić information content (AvgIpc) is 3.16. The summed E-state index contributed by atoms with van der Waals surface area (Å²) in [7, 11) is 1.55. The molecule has 3 N–H and O–H groups in total. The molecule has 0 bridgehead atoms. The molecule has 1 amide bonds. The summed E-state index contributed by atoms with van der Waals surface area (Å²) in [5, 5.41) is 13.8. The van der Waals surface area contributed by atoms with E-state index in [9.17, 15) is 19.4 Å². The van der Waals surface area contributed by atoms with Crippen LogP contribution in [0.5, 0.6) is 0 Å². The summed E-state index contributed by atoms with van der Waals surface area (Å²) in [5.74, 6) is -0.191. The van der Waals surface area contributed by atoms with Gasteiger partial charge in [-0.15, -0.1) is 0 Å². The molecule has 0 aliphatic carbocycles. The van der Waals surface area contributed by atoms with Crippen molar-refractivity contribution in [3.05, 3.63) is 48.6 Å². The van der Waals surface area contributed by atoms with Crippen LogP contribution in [0, 0.1) is 0 Å². The summed E-state index contributed by atoms with van der Waals surface area (Å²) < 4.78 is 23.5. The molecule has 3 unspecified atom stereocenters. The topological polar surface area (TPSA) is 105 Å². The van der Waals surface area contributed by atoms with E-state index in [0.29, 0.717) is 17.4 Å². The number of carbonyl (C=O) groups is 1. The lowest BCUT2D eigenvalue weighted by Crippen LogP contribution is -2.45. The molecule has 0 rings (SSSR count). The van der Waals surface area contributed by atoms with Gasteiger partial charge in [0.2, 0.25) is 5.91 Å². The van der Waals surface area contributed by atoms with Crippen molar-refractivity contribution < 1.29 is 32.9 Å². The predicted molar refractivity (Wildman–Crippen MR) is 244 cm³/mol. The number of phosphoric acid groups is 1. The lowest BCUT2D eigenvalue weighted by atomic mass is 10.0. The van der Waals surface area contributed by atoms with Gasteiger partial charge in [0.1, 0.15) is 13.2 Å². The van der Waals surface area contributed by atoms with Gasteiger partial charge in [0.05, 0.1) is 39.9 Å². The molecule has 0 saturated heterocycles. The van der Waals surface area contributed by atoms with Crippen LogP contribution in [0.15, 0.2) is 48.6 Å². The molecule has 0 fully saturated rings. The number of allylic oxidation sites excluding steroid dienone is 7. The van der Waals surface area contributed by atoms with Crippen LogP contribution in [0.1, 0.15) is 200 Å². The maximum Gasteiger partial charge on any atom is 0.472 e. The summed E-state index contributed by atoms with van der Waals surface area (Å²) in [6.07, 6.45) is 50.5. The Hall–Kier alpha value is -1.54. The first kappa shape index (κ1) is 55.5. The maximum absolute atomic E-state index is 12.9. The Morgan fingerprint density at radius 2 is 1.02 bits per heavy atom. The zero-order valence-electron chi connectivity index (χ0n) is 37.8. The van der Waals surface area contributed by atoms with Crippen molar-refractivity contribution in [2.24, 2.45) is 0 Å². The largest absolute Gasteiger partial charge is 0.472 e. The number of likely N-dealkylation sites (N-methyl/N-ethyl adjacent to an activating group) is 1. The van der Waals surface area contributed by atoms with Crippen molar-refractivity contribution in [3.63, 3.8) is 0 Å². The molecule has 0 saturated carbocycles. The molecule has 8 nitrogen and oxygen atoms in total. The molecule has 0 aromatic carbocycles. The van der Waals surface area contributed by atoms with Gasteiger partial charge in [0, 0.05) is 6.42 Å². The molecule has 0 heterocycles. The van der Waals surface area contributed by atoms with Gasteiger partial charge in [-0.2, -0.15) is 0 Å². The van der Waals surface area contributed by atoms with Crippen LogP contribution in [0.2, 0.25) is 0 Å². The molecule has 3 atom stereocenters. The molecule has 0 spiro atoms. The van der Waals surface area contributed by atoms with E-state index in [1.165, 1.54) is 135 Å². The maximum atomic E-state index is 12.9. The molecule has 57 heavy (non-hydrogen) atoms. The second-order valence-electron chi connectivity index (χ2n) is 17.1. The van der Waals surface area contributed by atoms with Crippen LogP contribution < -0.4 is 5.32 Å². The highest BCUT2D eigenvalue weighted by Gasteiger charge is 2.27. The monoisotopic (exact) mass is 824 g/mol. The molecular formula is C48H92N2O6P+. The van der Waals surface area contributed by atoms with E-state index in [1.807, 2.05) is 27.2 Å². The summed E-state index contributed by atoms with van der Waals surface area (Å²) in [4.78, 5) is 23.1. The van der Waals surface area contributed by atoms with E-state index < -0.39 is 20.0 Å². The van der Waals surface area contributed by atoms with E-state index in [2.05, 4.69) is 55.6 Å². The number of aliphatic hydroxyl groups is 1. The highest BCUT2D eigenvalue weighted by molar-refractivity contribution is 7.47. The van der Waals surface area contributed by atoms with Crippen LogP contribution in [-0.4, -0.2) is 73.4 Å². The number of nitrogens with one attached hydrogen (secondary N) is 1. The summed E-state index contributed by atoms with van der Waals surface area (Å²) in [5.41, 5.74) is 0. The number of hydrogen-bond donors (Lipinski definition) is 3. The molecule has 9 heteroatoms. The number of aliphatic hydroxyl groups excluding tert-OH is 1. The minimum Gasteiger partial charge on any atom is -0.387 e. The molecular weight excluding hydrogens is 732 g/mol. The van der Waals surface area contributed by atoms with Gasteiger partial charge in [-0.3, -0.25) is 13.8 Å². The molecule has 0 aliphatic heterocycles. The third-order valence-corrected chi connectivity index (χ3v) is 11.3. The van der Waals surface area contributed by atoms with Gasteiger partial charge < -0.3 is 19.8 Å². The van der Waals surface area contributed by atoms with Crippen LogP contribution in [0.3, 0.4) is 0 Å². The Bertz CT molecular complexity index is 1070. The fourth-order valence-electron chi connectivity index (χ4n) is 6.50. The molecule has 0 aromatic rings. The minimum atomic E-state index is -4.34. The second kappa shape index (κ2) is 39.9. The van der Waals surface area contributed by atoms with Crippen molar-refractivity contribution in [3.8, 4) is 0 Å². The van der Waals surface area contributed by atoms with Gasteiger partial charge in [-0.25, -0.2) is 4.57 Å². The Kier molecular flexibility index (Phi) is 38.8. The normalized spacial score (nSPS) is 14.7. The quantitative estimate of drug-likeness (QED) is 0.0245. The molecule has 0 radical (unpaired) electrons. The Morgan fingerprint density at radius 1 is 0.596 bits per heavy atom. The minimum absolute atomic E-state index is 0.0547. The van der Waals surface area contributed by atoms with Gasteiger partial charge in [-0.1, -0.05) is 178 Å². The van der Waals surface area contributed by atoms with Gasteiger partial charge in [0.25, 0.3) is 0 Å². The first-order valence-electron chi connectivity index (χ1n) is 23.5. The van der Waals surface area contributed by atoms with Gasteiger partial charge in [-0.05, 0) is 64.2 Å². The highest BCUT2D eigenvalue weighted by atomic mass is 31.2. The van der Waals surface area contributed by atoms with Crippen LogP contribution in [-0.2, 0) is 18.4 Å². The Labute approximate surface area is 352 Å². The number of phosphoric ester groups is 1.